The highest BCUT2D eigenvalue weighted by Gasteiger charge is 2.32. The molecule has 1 aromatic rings. The predicted molar refractivity (Wildman–Crippen MR) is 65.1 cm³/mol. The molecule has 0 bridgehead atoms. The van der Waals surface area contributed by atoms with E-state index in [0.717, 1.165) is 0 Å². The molecular formula is C13H16N2O3. The molecule has 0 aliphatic carbocycles. The minimum Gasteiger partial charge on any atom is -0.481 e. The lowest BCUT2D eigenvalue weighted by Gasteiger charge is -2.36. The molecule has 1 N–H and O–H groups in total. The van der Waals surface area contributed by atoms with Crippen LogP contribution in [0.25, 0.3) is 0 Å². The molecule has 1 aromatic heterocycles. The zero-order chi connectivity index (χ0) is 13.1. The third-order valence-corrected chi connectivity index (χ3v) is 3.37. The number of rotatable bonds is 2. The van der Waals surface area contributed by atoms with Crippen molar-refractivity contribution < 1.29 is 14.7 Å². The summed E-state index contributed by atoms with van der Waals surface area (Å²) < 4.78 is 0. The molecule has 18 heavy (non-hydrogen) atoms. The maximum Gasteiger partial charge on any atom is 0.306 e. The van der Waals surface area contributed by atoms with E-state index < -0.39 is 5.97 Å². The minimum atomic E-state index is -0.771. The van der Waals surface area contributed by atoms with Gasteiger partial charge in [-0.05, 0) is 31.9 Å². The van der Waals surface area contributed by atoms with E-state index in [-0.39, 0.29) is 17.9 Å². The van der Waals surface area contributed by atoms with Crippen molar-refractivity contribution >= 4 is 11.9 Å². The molecule has 0 saturated carbocycles. The standard InChI is InChI=1S/C13H16N2O3/c1-9-8-10(13(17)18)5-7-15(9)12(16)11-4-2-3-6-14-11/h2-4,6,9-10H,5,7-8H2,1H3,(H,17,18). The third kappa shape index (κ3) is 2.50. The molecule has 1 amide bonds. The molecule has 0 spiro atoms. The van der Waals surface area contributed by atoms with E-state index in [1.807, 2.05) is 6.92 Å². The molecule has 5 nitrogen and oxygen atoms in total. The van der Waals surface area contributed by atoms with Gasteiger partial charge in [-0.3, -0.25) is 14.6 Å². The second-order valence-electron chi connectivity index (χ2n) is 4.62. The SMILES string of the molecule is CC1CC(C(=O)O)CCN1C(=O)c1ccccn1. The smallest absolute Gasteiger partial charge is 0.306 e. The van der Waals surface area contributed by atoms with Crippen molar-refractivity contribution in [3.8, 4) is 0 Å². The number of carbonyl (C=O) groups excluding carboxylic acids is 1. The summed E-state index contributed by atoms with van der Waals surface area (Å²) in [6, 6.07) is 5.15. The number of carboxylic acid groups (broad SMARTS) is 1. The molecule has 1 saturated heterocycles. The van der Waals surface area contributed by atoms with Crippen LogP contribution in [0.2, 0.25) is 0 Å². The first-order chi connectivity index (χ1) is 8.59. The molecule has 1 aliphatic rings. The van der Waals surface area contributed by atoms with Crippen molar-refractivity contribution in [3.63, 3.8) is 0 Å². The average molecular weight is 248 g/mol. The number of aliphatic carboxylic acids is 1. The van der Waals surface area contributed by atoms with Crippen LogP contribution in [0.4, 0.5) is 0 Å². The Balaban J connectivity index is 2.07. The molecule has 5 heteroatoms. The molecule has 2 atom stereocenters. The number of nitrogens with zero attached hydrogens (tertiary/aromatic N) is 2. The van der Waals surface area contributed by atoms with Gasteiger partial charge >= 0.3 is 5.97 Å². The van der Waals surface area contributed by atoms with E-state index in [1.165, 1.54) is 0 Å². The zero-order valence-corrected chi connectivity index (χ0v) is 10.2. The van der Waals surface area contributed by atoms with Crippen LogP contribution in [0.5, 0.6) is 0 Å². The van der Waals surface area contributed by atoms with Crippen LogP contribution in [-0.4, -0.2) is 39.5 Å². The van der Waals surface area contributed by atoms with Gasteiger partial charge in [-0.25, -0.2) is 0 Å². The number of hydrogen-bond donors (Lipinski definition) is 1. The van der Waals surface area contributed by atoms with Crippen molar-refractivity contribution in [1.82, 2.24) is 9.88 Å². The van der Waals surface area contributed by atoms with Crippen LogP contribution < -0.4 is 0 Å². The summed E-state index contributed by atoms with van der Waals surface area (Å²) in [6.45, 7) is 2.36. The van der Waals surface area contributed by atoms with Crippen LogP contribution in [0.3, 0.4) is 0 Å². The van der Waals surface area contributed by atoms with E-state index in [9.17, 15) is 9.59 Å². The molecule has 1 aliphatic heterocycles. The quantitative estimate of drug-likeness (QED) is 0.859. The van der Waals surface area contributed by atoms with Gasteiger partial charge in [0, 0.05) is 18.8 Å². The predicted octanol–water partition coefficient (Wildman–Crippen LogP) is 1.41. The van der Waals surface area contributed by atoms with Crippen molar-refractivity contribution in [1.29, 1.82) is 0 Å². The van der Waals surface area contributed by atoms with Crippen molar-refractivity contribution in [3.05, 3.63) is 30.1 Å². The zero-order valence-electron chi connectivity index (χ0n) is 10.2. The van der Waals surface area contributed by atoms with Crippen LogP contribution >= 0.6 is 0 Å². The second kappa shape index (κ2) is 5.16. The number of likely N-dealkylation sites (tertiary alicyclic amines) is 1. The summed E-state index contributed by atoms with van der Waals surface area (Å²) in [4.78, 5) is 28.9. The number of aromatic nitrogens is 1. The molecule has 2 heterocycles. The summed E-state index contributed by atoms with van der Waals surface area (Å²) in [5.74, 6) is -1.23. The Kier molecular flexibility index (Phi) is 3.60. The van der Waals surface area contributed by atoms with Gasteiger partial charge in [-0.15, -0.1) is 0 Å². The maximum atomic E-state index is 12.2. The molecular weight excluding hydrogens is 232 g/mol. The second-order valence-corrected chi connectivity index (χ2v) is 4.62. The Morgan fingerprint density at radius 1 is 1.44 bits per heavy atom. The minimum absolute atomic E-state index is 0.0608. The van der Waals surface area contributed by atoms with Crippen molar-refractivity contribution in [2.24, 2.45) is 5.92 Å². The fraction of sp³-hybridized carbons (Fsp3) is 0.462. The summed E-state index contributed by atoms with van der Waals surface area (Å²) in [6.07, 6.45) is 2.61. The summed E-state index contributed by atoms with van der Waals surface area (Å²) in [5.41, 5.74) is 0.415. The molecule has 0 aromatic carbocycles. The average Bonchev–Trinajstić information content (AvgIpc) is 2.38. The molecule has 96 valence electrons. The number of hydrogen-bond acceptors (Lipinski definition) is 3. The summed E-state index contributed by atoms with van der Waals surface area (Å²) in [7, 11) is 0. The van der Waals surface area contributed by atoms with E-state index in [0.29, 0.717) is 25.1 Å². The number of pyridine rings is 1. The maximum absolute atomic E-state index is 12.2. The highest BCUT2D eigenvalue weighted by molar-refractivity contribution is 5.92. The fourth-order valence-electron chi connectivity index (χ4n) is 2.33. The monoisotopic (exact) mass is 248 g/mol. The van der Waals surface area contributed by atoms with Crippen LogP contribution in [0.1, 0.15) is 30.3 Å². The highest BCUT2D eigenvalue weighted by atomic mass is 16.4. The van der Waals surface area contributed by atoms with E-state index in [1.54, 1.807) is 29.3 Å². The van der Waals surface area contributed by atoms with Crippen LogP contribution in [0, 0.1) is 5.92 Å². The number of amides is 1. The van der Waals surface area contributed by atoms with Gasteiger partial charge in [0.1, 0.15) is 5.69 Å². The number of carbonyl (C=O) groups is 2. The number of piperidine rings is 1. The first kappa shape index (κ1) is 12.5. The van der Waals surface area contributed by atoms with Crippen molar-refractivity contribution in [2.75, 3.05) is 6.54 Å². The normalized spacial score (nSPS) is 23.7. The van der Waals surface area contributed by atoms with Gasteiger partial charge in [-0.2, -0.15) is 0 Å². The molecule has 2 rings (SSSR count). The Hall–Kier alpha value is -1.91. The van der Waals surface area contributed by atoms with Gasteiger partial charge < -0.3 is 10.0 Å². The fourth-order valence-corrected chi connectivity index (χ4v) is 2.33. The van der Waals surface area contributed by atoms with E-state index in [2.05, 4.69) is 4.98 Å². The van der Waals surface area contributed by atoms with Crippen LogP contribution in [0.15, 0.2) is 24.4 Å². The Bertz CT molecular complexity index is 447. The molecule has 2 unspecified atom stereocenters. The summed E-state index contributed by atoms with van der Waals surface area (Å²) in [5, 5.41) is 8.98. The van der Waals surface area contributed by atoms with E-state index >= 15 is 0 Å². The van der Waals surface area contributed by atoms with Crippen LogP contribution in [-0.2, 0) is 4.79 Å². The topological polar surface area (TPSA) is 70.5 Å². The number of carboxylic acids is 1. The van der Waals surface area contributed by atoms with Gasteiger partial charge in [0.25, 0.3) is 5.91 Å². The van der Waals surface area contributed by atoms with Gasteiger partial charge in [0.2, 0.25) is 0 Å². The molecule has 1 fully saturated rings. The van der Waals surface area contributed by atoms with Gasteiger partial charge in [-0.1, -0.05) is 6.07 Å². The first-order valence-electron chi connectivity index (χ1n) is 6.04. The highest BCUT2D eigenvalue weighted by Crippen LogP contribution is 2.24. The molecule has 0 radical (unpaired) electrons. The Morgan fingerprint density at radius 2 is 2.22 bits per heavy atom. The lowest BCUT2D eigenvalue weighted by molar-refractivity contribution is -0.143. The third-order valence-electron chi connectivity index (χ3n) is 3.37. The largest absolute Gasteiger partial charge is 0.481 e. The Morgan fingerprint density at radius 3 is 2.78 bits per heavy atom. The van der Waals surface area contributed by atoms with Gasteiger partial charge in [0.05, 0.1) is 5.92 Å². The lowest BCUT2D eigenvalue weighted by Crippen LogP contribution is -2.46. The Labute approximate surface area is 105 Å². The first-order valence-corrected chi connectivity index (χ1v) is 6.04. The van der Waals surface area contributed by atoms with Crippen molar-refractivity contribution in [2.45, 2.75) is 25.8 Å². The van der Waals surface area contributed by atoms with E-state index in [4.69, 9.17) is 5.11 Å². The van der Waals surface area contributed by atoms with Gasteiger partial charge in [0.15, 0.2) is 0 Å². The lowest BCUT2D eigenvalue weighted by atomic mass is 9.91. The summed E-state index contributed by atoms with van der Waals surface area (Å²) >= 11 is 0.